The van der Waals surface area contributed by atoms with E-state index in [-0.39, 0.29) is 12.5 Å². The van der Waals surface area contributed by atoms with Crippen molar-refractivity contribution in [3.05, 3.63) is 24.3 Å². The van der Waals surface area contributed by atoms with Gasteiger partial charge in [0, 0.05) is 24.8 Å². The molecule has 3 unspecified atom stereocenters. The molecule has 1 amide bonds. The van der Waals surface area contributed by atoms with Gasteiger partial charge in [0.05, 0.1) is 0 Å². The predicted octanol–water partition coefficient (Wildman–Crippen LogP) is 2.41. The van der Waals surface area contributed by atoms with E-state index in [0.29, 0.717) is 6.04 Å². The van der Waals surface area contributed by atoms with E-state index in [1.807, 2.05) is 18.2 Å². The molecule has 4 heteroatoms. The van der Waals surface area contributed by atoms with Crippen LogP contribution in [0.5, 0.6) is 5.75 Å². The number of hydrogen-bond acceptors (Lipinski definition) is 3. The summed E-state index contributed by atoms with van der Waals surface area (Å²) in [7, 11) is 1.61. The lowest BCUT2D eigenvalue weighted by atomic mass is 9.95. The molecule has 0 heterocycles. The molecule has 0 aromatic heterocycles. The van der Waals surface area contributed by atoms with E-state index >= 15 is 0 Å². The number of nitrogens with one attached hydrogen (secondary N) is 2. The van der Waals surface area contributed by atoms with Crippen molar-refractivity contribution in [2.75, 3.05) is 19.0 Å². The molecule has 4 nitrogen and oxygen atoms in total. The van der Waals surface area contributed by atoms with Crippen molar-refractivity contribution in [3.8, 4) is 5.75 Å². The molecule has 2 aliphatic rings. The first-order valence-corrected chi connectivity index (χ1v) is 7.44. The maximum atomic E-state index is 11.2. The van der Waals surface area contributed by atoms with Crippen molar-refractivity contribution < 1.29 is 9.53 Å². The minimum Gasteiger partial charge on any atom is -0.484 e. The summed E-state index contributed by atoms with van der Waals surface area (Å²) >= 11 is 0. The molecule has 3 rings (SSSR count). The van der Waals surface area contributed by atoms with Crippen molar-refractivity contribution in [1.29, 1.82) is 0 Å². The van der Waals surface area contributed by atoms with Crippen LogP contribution < -0.4 is 15.4 Å². The molecule has 2 saturated carbocycles. The predicted molar refractivity (Wildman–Crippen MR) is 78.9 cm³/mol. The van der Waals surface area contributed by atoms with E-state index in [4.69, 9.17) is 4.74 Å². The lowest BCUT2D eigenvalue weighted by Crippen LogP contribution is -2.26. The molecule has 1 aromatic rings. The van der Waals surface area contributed by atoms with Crippen LogP contribution in [0.3, 0.4) is 0 Å². The second-order valence-corrected chi connectivity index (χ2v) is 5.92. The van der Waals surface area contributed by atoms with Gasteiger partial charge in [0.2, 0.25) is 0 Å². The Hall–Kier alpha value is -1.71. The molecule has 1 aromatic carbocycles. The smallest absolute Gasteiger partial charge is 0.257 e. The highest BCUT2D eigenvalue weighted by molar-refractivity contribution is 5.77. The van der Waals surface area contributed by atoms with Crippen LogP contribution in [-0.2, 0) is 4.79 Å². The van der Waals surface area contributed by atoms with E-state index in [9.17, 15) is 4.79 Å². The van der Waals surface area contributed by atoms with E-state index < -0.39 is 0 Å². The Labute approximate surface area is 119 Å². The van der Waals surface area contributed by atoms with Crippen LogP contribution in [-0.4, -0.2) is 25.6 Å². The van der Waals surface area contributed by atoms with Crippen molar-refractivity contribution >= 4 is 11.6 Å². The summed E-state index contributed by atoms with van der Waals surface area (Å²) in [6.45, 7) is 0.0636. The molecule has 0 spiro atoms. The second kappa shape index (κ2) is 5.73. The molecule has 2 fully saturated rings. The Bertz CT molecular complexity index is 489. The van der Waals surface area contributed by atoms with Crippen molar-refractivity contribution in [2.45, 2.75) is 31.7 Å². The summed E-state index contributed by atoms with van der Waals surface area (Å²) in [4.78, 5) is 11.2. The summed E-state index contributed by atoms with van der Waals surface area (Å²) in [6.07, 6.45) is 5.48. The largest absolute Gasteiger partial charge is 0.484 e. The Morgan fingerprint density at radius 1 is 1.35 bits per heavy atom. The third-order valence-corrected chi connectivity index (χ3v) is 4.57. The number of hydrogen-bond donors (Lipinski definition) is 2. The number of benzene rings is 1. The molecule has 108 valence electrons. The Balaban J connectivity index is 1.58. The molecule has 3 atom stereocenters. The van der Waals surface area contributed by atoms with Gasteiger partial charge in [0.25, 0.3) is 5.91 Å². The lowest BCUT2D eigenvalue weighted by Gasteiger charge is -2.24. The van der Waals surface area contributed by atoms with Crippen LogP contribution >= 0.6 is 0 Å². The minimum absolute atomic E-state index is 0.0636. The van der Waals surface area contributed by atoms with E-state index in [1.54, 1.807) is 7.05 Å². The molecular weight excluding hydrogens is 252 g/mol. The molecular formula is C16H22N2O2. The summed E-state index contributed by atoms with van der Waals surface area (Å²) in [6, 6.07) is 8.51. The van der Waals surface area contributed by atoms with Crippen LogP contribution in [0.15, 0.2) is 24.3 Å². The first-order chi connectivity index (χ1) is 9.74. The molecule has 2 N–H and O–H groups in total. The number of carbonyl (C=O) groups excluding carboxylic acids is 1. The zero-order chi connectivity index (χ0) is 13.9. The van der Waals surface area contributed by atoms with Gasteiger partial charge in [-0.3, -0.25) is 4.79 Å². The lowest BCUT2D eigenvalue weighted by molar-refractivity contribution is -0.122. The number of amides is 1. The van der Waals surface area contributed by atoms with Crippen LogP contribution in [0.1, 0.15) is 25.7 Å². The third kappa shape index (κ3) is 2.89. The first-order valence-electron chi connectivity index (χ1n) is 7.44. The summed E-state index contributed by atoms with van der Waals surface area (Å²) in [5.41, 5.74) is 1.09. The molecule has 2 aliphatic carbocycles. The van der Waals surface area contributed by atoms with Gasteiger partial charge in [-0.05, 0) is 43.2 Å². The summed E-state index contributed by atoms with van der Waals surface area (Å²) in [5.74, 6) is 2.40. The standard InChI is InChI=1S/C16H22N2O2/c1-17-16(19)10-20-14-4-2-3-13(9-14)18-15-8-11-5-6-12(15)7-11/h2-4,9,11-12,15,18H,5-8,10H2,1H3,(H,17,19). The van der Waals surface area contributed by atoms with Gasteiger partial charge >= 0.3 is 0 Å². The zero-order valence-electron chi connectivity index (χ0n) is 11.9. The maximum Gasteiger partial charge on any atom is 0.257 e. The number of rotatable bonds is 5. The molecule has 0 radical (unpaired) electrons. The molecule has 2 bridgehead atoms. The number of ether oxygens (including phenoxy) is 1. The van der Waals surface area contributed by atoms with Crippen LogP contribution in [0, 0.1) is 11.8 Å². The van der Waals surface area contributed by atoms with E-state index in [2.05, 4.69) is 16.7 Å². The van der Waals surface area contributed by atoms with Crippen LogP contribution in [0.25, 0.3) is 0 Å². The van der Waals surface area contributed by atoms with Gasteiger partial charge in [-0.15, -0.1) is 0 Å². The summed E-state index contributed by atoms with van der Waals surface area (Å²) in [5, 5.41) is 6.18. The number of carbonyl (C=O) groups is 1. The fraction of sp³-hybridized carbons (Fsp3) is 0.562. The van der Waals surface area contributed by atoms with E-state index in [0.717, 1.165) is 23.3 Å². The van der Waals surface area contributed by atoms with E-state index in [1.165, 1.54) is 25.7 Å². The van der Waals surface area contributed by atoms with Crippen LogP contribution in [0.4, 0.5) is 5.69 Å². The fourth-order valence-electron chi connectivity index (χ4n) is 3.53. The molecule has 0 saturated heterocycles. The highest BCUT2D eigenvalue weighted by Crippen LogP contribution is 2.45. The Kier molecular flexibility index (Phi) is 3.81. The number of anilines is 1. The topological polar surface area (TPSA) is 50.4 Å². The zero-order valence-corrected chi connectivity index (χ0v) is 11.9. The highest BCUT2D eigenvalue weighted by Gasteiger charge is 2.39. The van der Waals surface area contributed by atoms with Gasteiger partial charge in [0.1, 0.15) is 5.75 Å². The normalized spacial score (nSPS) is 27.4. The Morgan fingerprint density at radius 3 is 2.95 bits per heavy atom. The van der Waals surface area contributed by atoms with Crippen molar-refractivity contribution in [2.24, 2.45) is 11.8 Å². The second-order valence-electron chi connectivity index (χ2n) is 5.92. The van der Waals surface area contributed by atoms with Gasteiger partial charge in [0.15, 0.2) is 6.61 Å². The molecule has 0 aliphatic heterocycles. The molecule has 20 heavy (non-hydrogen) atoms. The maximum absolute atomic E-state index is 11.2. The Morgan fingerprint density at radius 2 is 2.25 bits per heavy atom. The minimum atomic E-state index is -0.114. The first kappa shape index (κ1) is 13.3. The SMILES string of the molecule is CNC(=O)COc1cccc(NC2CC3CCC2C3)c1. The number of fused-ring (bicyclic) bond motifs is 2. The third-order valence-electron chi connectivity index (χ3n) is 4.57. The van der Waals surface area contributed by atoms with Gasteiger partial charge in [-0.1, -0.05) is 12.5 Å². The van der Waals surface area contributed by atoms with Gasteiger partial charge < -0.3 is 15.4 Å². The van der Waals surface area contributed by atoms with Crippen molar-refractivity contribution in [1.82, 2.24) is 5.32 Å². The fourth-order valence-corrected chi connectivity index (χ4v) is 3.53. The average molecular weight is 274 g/mol. The highest BCUT2D eigenvalue weighted by atomic mass is 16.5. The number of likely N-dealkylation sites (N-methyl/N-ethyl adjacent to an activating group) is 1. The van der Waals surface area contributed by atoms with Gasteiger partial charge in [-0.2, -0.15) is 0 Å². The monoisotopic (exact) mass is 274 g/mol. The average Bonchev–Trinajstić information content (AvgIpc) is 3.07. The summed E-state index contributed by atoms with van der Waals surface area (Å²) < 4.78 is 5.47. The van der Waals surface area contributed by atoms with Crippen molar-refractivity contribution in [3.63, 3.8) is 0 Å². The van der Waals surface area contributed by atoms with Gasteiger partial charge in [-0.25, -0.2) is 0 Å². The quantitative estimate of drug-likeness (QED) is 0.867. The van der Waals surface area contributed by atoms with Crippen LogP contribution in [0.2, 0.25) is 0 Å².